The molecule has 130 valence electrons. The molecular weight excluding hydrogens is 364 g/mol. The lowest BCUT2D eigenvalue weighted by atomic mass is 10.2. The fourth-order valence-electron chi connectivity index (χ4n) is 1.89. The lowest BCUT2D eigenvalue weighted by molar-refractivity contribution is 0.0956. The average molecular weight is 385 g/mol. The summed E-state index contributed by atoms with van der Waals surface area (Å²) >= 11 is 3.45. The smallest absolute Gasteiger partial charge is 0.251 e. The number of thiophene rings is 1. The van der Waals surface area contributed by atoms with E-state index in [1.807, 2.05) is 0 Å². The highest BCUT2D eigenvalue weighted by Gasteiger charge is 2.17. The van der Waals surface area contributed by atoms with E-state index in [0.29, 0.717) is 12.1 Å². The molecule has 2 rings (SSSR count). The third kappa shape index (κ3) is 5.07. The Morgan fingerprint density at radius 1 is 1.21 bits per heavy atom. The van der Waals surface area contributed by atoms with Crippen LogP contribution < -0.4 is 5.32 Å². The Morgan fingerprint density at radius 3 is 2.50 bits per heavy atom. The van der Waals surface area contributed by atoms with Crippen LogP contribution in [-0.4, -0.2) is 45.0 Å². The highest BCUT2D eigenvalue weighted by molar-refractivity contribution is 7.98. The molecule has 8 heteroatoms. The average Bonchev–Trinajstić information content (AvgIpc) is 3.07. The maximum absolute atomic E-state index is 12.1. The van der Waals surface area contributed by atoms with Gasteiger partial charge in [0.25, 0.3) is 5.91 Å². The Balaban J connectivity index is 1.80. The van der Waals surface area contributed by atoms with Crippen molar-refractivity contribution in [3.05, 3.63) is 52.2 Å². The van der Waals surface area contributed by atoms with Crippen molar-refractivity contribution < 1.29 is 13.2 Å². The number of hydrogen-bond donors (Lipinski definition) is 1. The molecule has 0 saturated heterocycles. The van der Waals surface area contributed by atoms with E-state index in [1.165, 1.54) is 43.9 Å². The number of rotatable bonds is 8. The highest BCUT2D eigenvalue weighted by atomic mass is 32.2. The van der Waals surface area contributed by atoms with Crippen molar-refractivity contribution in [1.29, 1.82) is 0 Å². The van der Waals surface area contributed by atoms with Crippen LogP contribution in [0, 0.1) is 0 Å². The number of nitrogens with one attached hydrogen (secondary N) is 1. The Morgan fingerprint density at radius 2 is 1.92 bits per heavy atom. The molecule has 0 unspecified atom stereocenters. The lowest BCUT2D eigenvalue weighted by Crippen LogP contribution is -2.26. The van der Waals surface area contributed by atoms with E-state index in [0.717, 1.165) is 15.8 Å². The second-order valence-electron chi connectivity index (χ2n) is 5.25. The van der Waals surface area contributed by atoms with Crippen LogP contribution in [0.5, 0.6) is 0 Å². The molecule has 1 N–H and O–H groups in total. The predicted octanol–water partition coefficient (Wildman–Crippen LogP) is 2.66. The van der Waals surface area contributed by atoms with Crippen molar-refractivity contribution in [2.45, 2.75) is 10.6 Å². The summed E-state index contributed by atoms with van der Waals surface area (Å²) < 4.78 is 25.1. The number of hydrogen-bond acceptors (Lipinski definition) is 5. The summed E-state index contributed by atoms with van der Waals surface area (Å²) in [4.78, 5) is 12.2. The molecule has 0 aliphatic carbocycles. The molecule has 0 radical (unpaired) electrons. The van der Waals surface area contributed by atoms with Crippen LogP contribution in [-0.2, 0) is 15.8 Å². The normalized spacial score (nSPS) is 11.6. The first-order valence-corrected chi connectivity index (χ1v) is 10.8. The first kappa shape index (κ1) is 19.0. The fraction of sp³-hybridized carbons (Fsp3) is 0.312. The molecule has 0 aliphatic heterocycles. The Bertz CT molecular complexity index is 754. The lowest BCUT2D eigenvalue weighted by Gasteiger charge is -2.11. The molecule has 0 saturated carbocycles. The molecular formula is C16H20N2O3S3. The van der Waals surface area contributed by atoms with Gasteiger partial charge < -0.3 is 5.32 Å². The third-order valence-electron chi connectivity index (χ3n) is 3.28. The molecule has 0 spiro atoms. The fourth-order valence-corrected chi connectivity index (χ4v) is 4.37. The summed E-state index contributed by atoms with van der Waals surface area (Å²) in [5.74, 6) is 1.57. The van der Waals surface area contributed by atoms with Crippen LogP contribution in [0.2, 0.25) is 0 Å². The van der Waals surface area contributed by atoms with E-state index in [9.17, 15) is 13.2 Å². The molecule has 0 bridgehead atoms. The first-order valence-electron chi connectivity index (χ1n) is 7.31. The van der Waals surface area contributed by atoms with E-state index < -0.39 is 10.0 Å². The second-order valence-corrected chi connectivity index (χ2v) is 9.29. The van der Waals surface area contributed by atoms with Gasteiger partial charge in [0.05, 0.1) is 4.90 Å². The van der Waals surface area contributed by atoms with E-state index in [1.54, 1.807) is 23.1 Å². The molecule has 1 aromatic carbocycles. The summed E-state index contributed by atoms with van der Waals surface area (Å²) in [6.07, 6.45) is 0. The summed E-state index contributed by atoms with van der Waals surface area (Å²) in [6.45, 7) is 0.575. The zero-order valence-corrected chi connectivity index (χ0v) is 16.0. The van der Waals surface area contributed by atoms with Gasteiger partial charge in [-0.2, -0.15) is 23.1 Å². The molecule has 5 nitrogen and oxygen atoms in total. The monoisotopic (exact) mass is 384 g/mol. The summed E-state index contributed by atoms with van der Waals surface area (Å²) in [7, 11) is -0.514. The minimum Gasteiger partial charge on any atom is -0.351 e. The minimum atomic E-state index is -3.47. The summed E-state index contributed by atoms with van der Waals surface area (Å²) in [5.41, 5.74) is 1.75. The molecule has 0 aliphatic rings. The van der Waals surface area contributed by atoms with Gasteiger partial charge in [-0.05, 0) is 46.7 Å². The minimum absolute atomic E-state index is 0.176. The van der Waals surface area contributed by atoms with Gasteiger partial charge in [0.2, 0.25) is 10.0 Å². The van der Waals surface area contributed by atoms with Gasteiger partial charge >= 0.3 is 0 Å². The van der Waals surface area contributed by atoms with Crippen molar-refractivity contribution in [3.63, 3.8) is 0 Å². The van der Waals surface area contributed by atoms with Gasteiger partial charge in [-0.1, -0.05) is 0 Å². The molecule has 1 amide bonds. The number of carbonyl (C=O) groups excluding carboxylic acids is 1. The largest absolute Gasteiger partial charge is 0.351 e. The van der Waals surface area contributed by atoms with Crippen molar-refractivity contribution in [2.24, 2.45) is 0 Å². The van der Waals surface area contributed by atoms with E-state index >= 15 is 0 Å². The third-order valence-corrected chi connectivity index (χ3v) is 6.87. The van der Waals surface area contributed by atoms with Crippen LogP contribution in [0.4, 0.5) is 0 Å². The van der Waals surface area contributed by atoms with Gasteiger partial charge in [-0.15, -0.1) is 0 Å². The Hall–Kier alpha value is -1.35. The van der Waals surface area contributed by atoms with E-state index in [4.69, 9.17) is 0 Å². The van der Waals surface area contributed by atoms with Crippen molar-refractivity contribution in [2.75, 3.05) is 26.4 Å². The molecule has 0 atom stereocenters. The number of nitrogens with zero attached hydrogens (tertiary/aromatic N) is 1. The van der Waals surface area contributed by atoms with Gasteiger partial charge in [0, 0.05) is 37.7 Å². The first-order chi connectivity index (χ1) is 11.4. The number of thioether (sulfide) groups is 1. The predicted molar refractivity (Wildman–Crippen MR) is 100 cm³/mol. The zero-order valence-electron chi connectivity index (χ0n) is 13.6. The number of sulfonamides is 1. The zero-order chi connectivity index (χ0) is 17.6. The van der Waals surface area contributed by atoms with Crippen molar-refractivity contribution in [1.82, 2.24) is 9.62 Å². The van der Waals surface area contributed by atoms with Gasteiger partial charge in [-0.3, -0.25) is 4.79 Å². The maximum Gasteiger partial charge on any atom is 0.251 e. The summed E-state index contributed by atoms with van der Waals surface area (Å²) in [5, 5.41) is 7.02. The Labute approximate surface area is 151 Å². The number of benzene rings is 1. The maximum atomic E-state index is 12.1. The Kier molecular flexibility index (Phi) is 6.85. The molecule has 1 aromatic heterocycles. The van der Waals surface area contributed by atoms with Crippen LogP contribution in [0.15, 0.2) is 46.0 Å². The molecule has 24 heavy (non-hydrogen) atoms. The van der Waals surface area contributed by atoms with E-state index in [2.05, 4.69) is 22.1 Å². The molecule has 0 fully saturated rings. The van der Waals surface area contributed by atoms with Crippen LogP contribution >= 0.6 is 23.1 Å². The van der Waals surface area contributed by atoms with Crippen molar-refractivity contribution in [3.8, 4) is 0 Å². The van der Waals surface area contributed by atoms with Gasteiger partial charge in [-0.25, -0.2) is 12.7 Å². The van der Waals surface area contributed by atoms with Gasteiger partial charge in [0.1, 0.15) is 0 Å². The SMILES string of the molecule is CN(C)S(=O)(=O)c1ccc(C(=O)NCCSCc2ccsc2)cc1. The van der Waals surface area contributed by atoms with Crippen molar-refractivity contribution >= 4 is 39.0 Å². The second kappa shape index (κ2) is 8.66. The quantitative estimate of drug-likeness (QED) is 0.711. The highest BCUT2D eigenvalue weighted by Crippen LogP contribution is 2.15. The molecule has 1 heterocycles. The number of amides is 1. The summed E-state index contributed by atoms with van der Waals surface area (Å²) in [6, 6.07) is 8.07. The van der Waals surface area contributed by atoms with E-state index in [-0.39, 0.29) is 10.8 Å². The molecule has 2 aromatic rings. The van der Waals surface area contributed by atoms with Crippen LogP contribution in [0.1, 0.15) is 15.9 Å². The van der Waals surface area contributed by atoms with Crippen LogP contribution in [0.3, 0.4) is 0 Å². The standard InChI is InChI=1S/C16H20N2O3S3/c1-18(2)24(20,21)15-5-3-14(4-6-15)16(19)17-8-10-23-12-13-7-9-22-11-13/h3-7,9,11H,8,10,12H2,1-2H3,(H,17,19). The topological polar surface area (TPSA) is 66.5 Å². The van der Waals surface area contributed by atoms with Gasteiger partial charge in [0.15, 0.2) is 0 Å². The number of carbonyl (C=O) groups is 1. The van der Waals surface area contributed by atoms with Crippen LogP contribution in [0.25, 0.3) is 0 Å².